The van der Waals surface area contributed by atoms with Crippen LogP contribution in [0, 0.1) is 11.6 Å². The van der Waals surface area contributed by atoms with Gasteiger partial charge in [0.2, 0.25) is 0 Å². The fourth-order valence-corrected chi connectivity index (χ4v) is 0.928. The van der Waals surface area contributed by atoms with Crippen LogP contribution in [0.3, 0.4) is 0 Å². The maximum atomic E-state index is 12.9. The summed E-state index contributed by atoms with van der Waals surface area (Å²) in [6.45, 7) is -3.29. The molecule has 0 amide bonds. The highest BCUT2D eigenvalue weighted by Gasteiger charge is 2.21. The third kappa shape index (κ3) is 2.83. The van der Waals surface area contributed by atoms with Crippen LogP contribution < -0.4 is 10.2 Å². The van der Waals surface area contributed by atoms with Crippen molar-refractivity contribution in [3.8, 4) is 5.75 Å². The van der Waals surface area contributed by atoms with Gasteiger partial charge in [0.05, 0.1) is 0 Å². The second kappa shape index (κ2) is 4.50. The molecule has 2 N–H and O–H groups in total. The average Bonchev–Trinajstić information content (AvgIpc) is 2.09. The van der Waals surface area contributed by atoms with Crippen LogP contribution in [-0.2, 0) is 0 Å². The van der Waals surface area contributed by atoms with E-state index in [1.807, 2.05) is 0 Å². The first-order valence-electron chi connectivity index (χ1n) is 3.71. The number of benzene rings is 1. The first kappa shape index (κ1) is 11.8. The molecule has 1 aromatic carbocycles. The normalized spacial score (nSPS) is 10.6. The summed E-state index contributed by atoms with van der Waals surface area (Å²) >= 11 is 0. The van der Waals surface area contributed by atoms with Crippen molar-refractivity contribution in [3.05, 3.63) is 23.8 Å². The van der Waals surface area contributed by atoms with Crippen LogP contribution in [0.2, 0.25) is 0 Å². The van der Waals surface area contributed by atoms with Gasteiger partial charge in [0, 0.05) is 11.5 Å². The zero-order valence-corrected chi connectivity index (χ0v) is 7.12. The second-order valence-corrected chi connectivity index (χ2v) is 2.56. The van der Waals surface area contributed by atoms with Gasteiger partial charge in [-0.2, -0.15) is 8.78 Å². The standard InChI is InChI=1S/C7H5BF4O3/c9-4-2-6(15-7(11)12)5(10)1-3(4)8(13)14/h1-2,7,13-14H. The van der Waals surface area contributed by atoms with Crippen LogP contribution in [0.15, 0.2) is 12.1 Å². The Kier molecular flexibility index (Phi) is 3.54. The van der Waals surface area contributed by atoms with Gasteiger partial charge in [0.15, 0.2) is 11.6 Å². The van der Waals surface area contributed by atoms with E-state index < -0.39 is 36.6 Å². The third-order valence-corrected chi connectivity index (χ3v) is 1.55. The van der Waals surface area contributed by atoms with E-state index >= 15 is 0 Å². The molecule has 0 unspecified atom stereocenters. The molecule has 0 saturated heterocycles. The molecule has 0 aliphatic heterocycles. The van der Waals surface area contributed by atoms with E-state index in [9.17, 15) is 17.6 Å². The molecule has 0 bridgehead atoms. The van der Waals surface area contributed by atoms with Crippen molar-refractivity contribution in [3.63, 3.8) is 0 Å². The molecule has 0 fully saturated rings. The maximum Gasteiger partial charge on any atom is 0.491 e. The van der Waals surface area contributed by atoms with Crippen molar-refractivity contribution in [2.75, 3.05) is 0 Å². The summed E-state index contributed by atoms with van der Waals surface area (Å²) in [7, 11) is -2.22. The molecule has 0 heterocycles. The van der Waals surface area contributed by atoms with E-state index in [-0.39, 0.29) is 0 Å². The number of rotatable bonds is 3. The Morgan fingerprint density at radius 3 is 2.20 bits per heavy atom. The van der Waals surface area contributed by atoms with Gasteiger partial charge in [0.1, 0.15) is 5.82 Å². The molecule has 0 radical (unpaired) electrons. The van der Waals surface area contributed by atoms with Gasteiger partial charge in [-0.1, -0.05) is 0 Å². The Morgan fingerprint density at radius 2 is 1.73 bits per heavy atom. The van der Waals surface area contributed by atoms with Crippen LogP contribution in [0.5, 0.6) is 5.75 Å². The Bertz CT molecular complexity index is 358. The molecule has 0 spiro atoms. The van der Waals surface area contributed by atoms with E-state index in [2.05, 4.69) is 4.74 Å². The molecule has 0 atom stereocenters. The lowest BCUT2D eigenvalue weighted by molar-refractivity contribution is -0.0523. The quantitative estimate of drug-likeness (QED) is 0.571. The summed E-state index contributed by atoms with van der Waals surface area (Å²) in [5, 5.41) is 17.1. The zero-order chi connectivity index (χ0) is 11.6. The molecule has 0 aromatic heterocycles. The highest BCUT2D eigenvalue weighted by molar-refractivity contribution is 6.58. The molecule has 0 aliphatic rings. The zero-order valence-electron chi connectivity index (χ0n) is 7.12. The minimum Gasteiger partial charge on any atom is -0.432 e. The van der Waals surface area contributed by atoms with Crippen LogP contribution in [0.4, 0.5) is 17.6 Å². The van der Waals surface area contributed by atoms with Crippen molar-refractivity contribution >= 4 is 12.6 Å². The van der Waals surface area contributed by atoms with Crippen molar-refractivity contribution in [2.45, 2.75) is 6.61 Å². The van der Waals surface area contributed by atoms with Gasteiger partial charge < -0.3 is 14.8 Å². The highest BCUT2D eigenvalue weighted by Crippen LogP contribution is 2.19. The van der Waals surface area contributed by atoms with Gasteiger partial charge in [-0.3, -0.25) is 0 Å². The SMILES string of the molecule is OB(O)c1cc(F)c(OC(F)F)cc1F. The van der Waals surface area contributed by atoms with Crippen LogP contribution in [0.1, 0.15) is 0 Å². The van der Waals surface area contributed by atoms with Crippen molar-refractivity contribution in [2.24, 2.45) is 0 Å². The minimum absolute atomic E-state index is 0.316. The molecule has 82 valence electrons. The van der Waals surface area contributed by atoms with E-state index in [4.69, 9.17) is 10.0 Å². The first-order valence-corrected chi connectivity index (χ1v) is 3.71. The van der Waals surface area contributed by atoms with Gasteiger partial charge in [-0.15, -0.1) is 0 Å². The lowest BCUT2D eigenvalue weighted by atomic mass is 9.80. The summed E-state index contributed by atoms with van der Waals surface area (Å²) in [5.41, 5.74) is -0.755. The molecule has 3 nitrogen and oxygen atoms in total. The lowest BCUT2D eigenvalue weighted by Crippen LogP contribution is -2.33. The molecule has 1 aromatic rings. The van der Waals surface area contributed by atoms with Crippen LogP contribution in [0.25, 0.3) is 0 Å². The lowest BCUT2D eigenvalue weighted by Gasteiger charge is -2.08. The Balaban J connectivity index is 3.08. The summed E-state index contributed by atoms with van der Waals surface area (Å²) in [4.78, 5) is 0. The second-order valence-electron chi connectivity index (χ2n) is 2.56. The Morgan fingerprint density at radius 1 is 1.13 bits per heavy atom. The summed E-state index contributed by atoms with van der Waals surface area (Å²) in [5.74, 6) is -3.55. The number of alkyl halides is 2. The van der Waals surface area contributed by atoms with Gasteiger partial charge in [0.25, 0.3) is 0 Å². The predicted molar refractivity (Wildman–Crippen MR) is 42.8 cm³/mol. The molecular weight excluding hydrogens is 219 g/mol. The Hall–Kier alpha value is -1.28. The number of ether oxygens (including phenoxy) is 1. The fourth-order valence-electron chi connectivity index (χ4n) is 0.928. The number of halogens is 4. The van der Waals surface area contributed by atoms with E-state index in [0.717, 1.165) is 0 Å². The van der Waals surface area contributed by atoms with Gasteiger partial charge in [-0.25, -0.2) is 8.78 Å². The van der Waals surface area contributed by atoms with Crippen LogP contribution >= 0.6 is 0 Å². The molecule has 1 rings (SSSR count). The summed E-state index contributed by atoms with van der Waals surface area (Å²) in [6, 6.07) is 0.688. The molecule has 8 heteroatoms. The predicted octanol–water partition coefficient (Wildman–Crippen LogP) is 0.246. The van der Waals surface area contributed by atoms with Gasteiger partial charge in [-0.05, 0) is 6.07 Å². The molecular formula is C7H5BF4O3. The summed E-state index contributed by atoms with van der Waals surface area (Å²) in [6.07, 6.45) is 0. The average molecular weight is 224 g/mol. The first-order chi connectivity index (χ1) is 6.91. The van der Waals surface area contributed by atoms with Crippen molar-refractivity contribution in [1.29, 1.82) is 0 Å². The minimum atomic E-state index is -3.29. The van der Waals surface area contributed by atoms with Crippen molar-refractivity contribution in [1.82, 2.24) is 0 Å². The monoisotopic (exact) mass is 224 g/mol. The van der Waals surface area contributed by atoms with E-state index in [1.165, 1.54) is 0 Å². The third-order valence-electron chi connectivity index (χ3n) is 1.55. The van der Waals surface area contributed by atoms with Gasteiger partial charge >= 0.3 is 13.7 Å². The highest BCUT2D eigenvalue weighted by atomic mass is 19.3. The molecule has 0 aliphatic carbocycles. The van der Waals surface area contributed by atoms with Crippen molar-refractivity contribution < 1.29 is 32.3 Å². The topological polar surface area (TPSA) is 49.7 Å². The van der Waals surface area contributed by atoms with E-state index in [1.54, 1.807) is 0 Å². The smallest absolute Gasteiger partial charge is 0.432 e. The maximum absolute atomic E-state index is 12.9. The number of hydrogen-bond acceptors (Lipinski definition) is 3. The fraction of sp³-hybridized carbons (Fsp3) is 0.143. The molecule has 15 heavy (non-hydrogen) atoms. The largest absolute Gasteiger partial charge is 0.491 e. The molecule has 0 saturated carbocycles. The Labute approximate surface area is 82.1 Å². The van der Waals surface area contributed by atoms with Crippen LogP contribution in [-0.4, -0.2) is 23.8 Å². The number of hydrogen-bond donors (Lipinski definition) is 2. The van der Waals surface area contributed by atoms with E-state index in [0.29, 0.717) is 12.1 Å². The summed E-state index contributed by atoms with van der Waals surface area (Å²) < 4.78 is 52.8.